The van der Waals surface area contributed by atoms with Gasteiger partial charge in [0.1, 0.15) is 0 Å². The monoisotopic (exact) mass is 241 g/mol. The minimum Gasteiger partial charge on any atom is -0.327 e. The molecule has 3 nitrogen and oxygen atoms in total. The van der Waals surface area contributed by atoms with Crippen molar-refractivity contribution in [1.82, 2.24) is 9.80 Å². The molecular formula is C14H31N3. The molecule has 1 rings (SSSR count). The zero-order valence-corrected chi connectivity index (χ0v) is 12.2. The molecule has 1 aliphatic heterocycles. The maximum Gasteiger partial charge on any atom is 0.0223 e. The molecule has 2 atom stereocenters. The first kappa shape index (κ1) is 14.9. The molecule has 2 N–H and O–H groups in total. The molecule has 1 fully saturated rings. The lowest BCUT2D eigenvalue weighted by molar-refractivity contribution is 0.190. The van der Waals surface area contributed by atoms with Crippen molar-refractivity contribution >= 4 is 0 Å². The van der Waals surface area contributed by atoms with E-state index in [4.69, 9.17) is 5.73 Å². The lowest BCUT2D eigenvalue weighted by Gasteiger charge is -2.29. The Labute approximate surface area is 107 Å². The summed E-state index contributed by atoms with van der Waals surface area (Å²) in [5, 5.41) is 0. The Bertz CT molecular complexity index is 206. The number of rotatable bonds is 7. The first-order valence-electron chi connectivity index (χ1n) is 7.21. The average molecular weight is 241 g/mol. The Morgan fingerprint density at radius 3 is 2.71 bits per heavy atom. The molecule has 0 amide bonds. The van der Waals surface area contributed by atoms with E-state index in [1.807, 2.05) is 0 Å². The van der Waals surface area contributed by atoms with E-state index in [1.165, 1.54) is 32.5 Å². The number of hydrogen-bond acceptors (Lipinski definition) is 3. The Morgan fingerprint density at radius 2 is 2.12 bits per heavy atom. The van der Waals surface area contributed by atoms with E-state index < -0.39 is 0 Å². The lowest BCUT2D eigenvalue weighted by atomic mass is 10.0. The van der Waals surface area contributed by atoms with Gasteiger partial charge in [-0.1, -0.05) is 20.8 Å². The maximum absolute atomic E-state index is 6.16. The van der Waals surface area contributed by atoms with E-state index in [0.717, 1.165) is 19.0 Å². The van der Waals surface area contributed by atoms with Gasteiger partial charge in [0, 0.05) is 25.2 Å². The quantitative estimate of drug-likeness (QED) is 0.737. The van der Waals surface area contributed by atoms with Crippen LogP contribution in [0, 0.1) is 5.92 Å². The van der Waals surface area contributed by atoms with Crippen LogP contribution in [0.5, 0.6) is 0 Å². The van der Waals surface area contributed by atoms with Crippen LogP contribution in [0.1, 0.15) is 40.0 Å². The summed E-state index contributed by atoms with van der Waals surface area (Å²) in [7, 11) is 2.21. The summed E-state index contributed by atoms with van der Waals surface area (Å²) >= 11 is 0. The van der Waals surface area contributed by atoms with Crippen LogP contribution in [0.25, 0.3) is 0 Å². The highest BCUT2D eigenvalue weighted by molar-refractivity contribution is 4.81. The Balaban J connectivity index is 2.26. The predicted octanol–water partition coefficient (Wildman–Crippen LogP) is 1.78. The molecule has 0 aromatic rings. The van der Waals surface area contributed by atoms with E-state index in [2.05, 4.69) is 37.6 Å². The highest BCUT2D eigenvalue weighted by Crippen LogP contribution is 2.17. The van der Waals surface area contributed by atoms with Gasteiger partial charge in [-0.3, -0.25) is 4.90 Å². The van der Waals surface area contributed by atoms with E-state index in [1.54, 1.807) is 0 Å². The van der Waals surface area contributed by atoms with Crippen molar-refractivity contribution < 1.29 is 0 Å². The molecule has 1 aliphatic rings. The van der Waals surface area contributed by atoms with Crippen molar-refractivity contribution in [3.05, 3.63) is 0 Å². The number of nitrogens with two attached hydrogens (primary N) is 1. The topological polar surface area (TPSA) is 32.5 Å². The highest BCUT2D eigenvalue weighted by atomic mass is 15.2. The molecule has 0 bridgehead atoms. The van der Waals surface area contributed by atoms with Crippen LogP contribution in [0.15, 0.2) is 0 Å². The van der Waals surface area contributed by atoms with Gasteiger partial charge >= 0.3 is 0 Å². The fourth-order valence-electron chi connectivity index (χ4n) is 3.03. The van der Waals surface area contributed by atoms with Gasteiger partial charge in [0.2, 0.25) is 0 Å². The average Bonchev–Trinajstić information content (AvgIpc) is 2.63. The van der Waals surface area contributed by atoms with E-state index in [9.17, 15) is 0 Å². The molecule has 0 aliphatic carbocycles. The SMILES string of the molecule is CCN1CCCC1CN(C)CC(N)CC(C)C. The Morgan fingerprint density at radius 1 is 1.41 bits per heavy atom. The first-order valence-corrected chi connectivity index (χ1v) is 7.21. The van der Waals surface area contributed by atoms with Crippen LogP contribution in [-0.4, -0.2) is 55.1 Å². The largest absolute Gasteiger partial charge is 0.327 e. The fourth-order valence-corrected chi connectivity index (χ4v) is 3.03. The smallest absolute Gasteiger partial charge is 0.0223 e. The predicted molar refractivity (Wildman–Crippen MR) is 75.2 cm³/mol. The van der Waals surface area contributed by atoms with Crippen molar-refractivity contribution in [2.75, 3.05) is 33.2 Å². The van der Waals surface area contributed by atoms with Gasteiger partial charge < -0.3 is 10.6 Å². The van der Waals surface area contributed by atoms with Gasteiger partial charge in [0.15, 0.2) is 0 Å². The normalized spacial score (nSPS) is 23.8. The Hall–Kier alpha value is -0.120. The van der Waals surface area contributed by atoms with Crippen LogP contribution >= 0.6 is 0 Å². The van der Waals surface area contributed by atoms with E-state index in [-0.39, 0.29) is 0 Å². The molecule has 3 heteroatoms. The van der Waals surface area contributed by atoms with Crippen molar-refractivity contribution in [3.63, 3.8) is 0 Å². The summed E-state index contributed by atoms with van der Waals surface area (Å²) in [6, 6.07) is 1.09. The van der Waals surface area contributed by atoms with Crippen LogP contribution in [-0.2, 0) is 0 Å². The molecule has 0 saturated carbocycles. The first-order chi connectivity index (χ1) is 8.02. The summed E-state index contributed by atoms with van der Waals surface area (Å²) in [5.74, 6) is 0.706. The van der Waals surface area contributed by atoms with Crippen LogP contribution in [0.2, 0.25) is 0 Å². The molecule has 2 unspecified atom stereocenters. The number of hydrogen-bond donors (Lipinski definition) is 1. The molecule has 1 heterocycles. The number of likely N-dealkylation sites (tertiary alicyclic amines) is 1. The highest BCUT2D eigenvalue weighted by Gasteiger charge is 2.24. The number of likely N-dealkylation sites (N-methyl/N-ethyl adjacent to an activating group) is 2. The third-order valence-electron chi connectivity index (χ3n) is 3.75. The van der Waals surface area contributed by atoms with Crippen LogP contribution in [0.4, 0.5) is 0 Å². The van der Waals surface area contributed by atoms with E-state index >= 15 is 0 Å². The van der Waals surface area contributed by atoms with Crippen molar-refractivity contribution in [2.24, 2.45) is 11.7 Å². The van der Waals surface area contributed by atoms with Gasteiger partial charge in [-0.15, -0.1) is 0 Å². The van der Waals surface area contributed by atoms with E-state index in [0.29, 0.717) is 12.0 Å². The molecule has 0 aromatic heterocycles. The van der Waals surface area contributed by atoms with Gasteiger partial charge in [-0.2, -0.15) is 0 Å². The van der Waals surface area contributed by atoms with Gasteiger partial charge in [-0.25, -0.2) is 0 Å². The third kappa shape index (κ3) is 5.36. The minimum atomic E-state index is 0.330. The summed E-state index contributed by atoms with van der Waals surface area (Å²) in [5.41, 5.74) is 6.16. The summed E-state index contributed by atoms with van der Waals surface area (Å²) < 4.78 is 0. The second kappa shape index (κ2) is 7.34. The van der Waals surface area contributed by atoms with Crippen molar-refractivity contribution in [3.8, 4) is 0 Å². The fraction of sp³-hybridized carbons (Fsp3) is 1.00. The lowest BCUT2D eigenvalue weighted by Crippen LogP contribution is -2.43. The molecule has 1 saturated heterocycles. The minimum absolute atomic E-state index is 0.330. The molecule has 0 spiro atoms. The zero-order chi connectivity index (χ0) is 12.8. The number of nitrogens with zero attached hydrogens (tertiary/aromatic N) is 2. The third-order valence-corrected chi connectivity index (χ3v) is 3.75. The van der Waals surface area contributed by atoms with Gasteiger partial charge in [0.25, 0.3) is 0 Å². The molecule has 0 radical (unpaired) electrons. The molecular weight excluding hydrogens is 210 g/mol. The molecule has 17 heavy (non-hydrogen) atoms. The molecule has 0 aromatic carbocycles. The standard InChI is InChI=1S/C14H31N3/c1-5-17-8-6-7-14(17)11-16(4)10-13(15)9-12(2)3/h12-14H,5-11,15H2,1-4H3. The molecule has 102 valence electrons. The summed E-state index contributed by atoms with van der Waals surface area (Å²) in [4.78, 5) is 5.02. The summed E-state index contributed by atoms with van der Waals surface area (Å²) in [6.07, 6.45) is 3.86. The van der Waals surface area contributed by atoms with Gasteiger partial charge in [0.05, 0.1) is 0 Å². The van der Waals surface area contributed by atoms with Crippen molar-refractivity contribution in [2.45, 2.75) is 52.1 Å². The van der Waals surface area contributed by atoms with Crippen LogP contribution < -0.4 is 5.73 Å². The second-order valence-electron chi connectivity index (χ2n) is 6.04. The summed E-state index contributed by atoms with van der Waals surface area (Å²) in [6.45, 7) is 11.4. The van der Waals surface area contributed by atoms with Crippen molar-refractivity contribution in [1.29, 1.82) is 0 Å². The van der Waals surface area contributed by atoms with Gasteiger partial charge in [-0.05, 0) is 45.3 Å². The zero-order valence-electron chi connectivity index (χ0n) is 12.2. The van der Waals surface area contributed by atoms with Crippen LogP contribution in [0.3, 0.4) is 0 Å². The maximum atomic E-state index is 6.16. The second-order valence-corrected chi connectivity index (χ2v) is 6.04. The Kier molecular flexibility index (Phi) is 6.45.